The van der Waals surface area contributed by atoms with Gasteiger partial charge < -0.3 is 9.84 Å². The van der Waals surface area contributed by atoms with E-state index in [0.717, 1.165) is 13.1 Å². The Morgan fingerprint density at radius 1 is 1.37 bits per heavy atom. The van der Waals surface area contributed by atoms with Gasteiger partial charge in [0.1, 0.15) is 5.69 Å². The van der Waals surface area contributed by atoms with Gasteiger partial charge >= 0.3 is 0 Å². The normalized spacial score (nSPS) is 15.6. The summed E-state index contributed by atoms with van der Waals surface area (Å²) >= 11 is 1.49. The molecule has 0 spiro atoms. The summed E-state index contributed by atoms with van der Waals surface area (Å²) in [5.41, 5.74) is 3.02. The summed E-state index contributed by atoms with van der Waals surface area (Å²) in [7, 11) is 0. The van der Waals surface area contributed by atoms with Crippen LogP contribution < -0.4 is 5.32 Å². The second kappa shape index (κ2) is 4.21. The summed E-state index contributed by atoms with van der Waals surface area (Å²) in [4.78, 5) is 8.41. The minimum Gasteiger partial charge on any atom is -0.332 e. The van der Waals surface area contributed by atoms with E-state index in [1.807, 2.05) is 16.3 Å². The van der Waals surface area contributed by atoms with Crippen LogP contribution in [0, 0.1) is 0 Å². The quantitative estimate of drug-likeness (QED) is 0.747. The van der Waals surface area contributed by atoms with E-state index in [1.165, 1.54) is 11.3 Å². The van der Waals surface area contributed by atoms with Crippen molar-refractivity contribution in [2.75, 3.05) is 13.1 Å². The fourth-order valence-corrected chi connectivity index (χ4v) is 2.30. The summed E-state index contributed by atoms with van der Waals surface area (Å²) < 4.78 is 7.01. The number of rotatable bonds is 3. The molecule has 0 atom stereocenters. The second-order valence-corrected chi connectivity index (χ2v) is 4.91. The van der Waals surface area contributed by atoms with Crippen LogP contribution in [0.1, 0.15) is 6.04 Å². The van der Waals surface area contributed by atoms with E-state index in [0.29, 0.717) is 29.1 Å². The highest BCUT2D eigenvalue weighted by Gasteiger charge is 2.22. The first-order chi connectivity index (χ1) is 9.40. The molecule has 0 bridgehead atoms. The van der Waals surface area contributed by atoms with Crippen molar-refractivity contribution in [2.24, 2.45) is 0 Å². The summed E-state index contributed by atoms with van der Waals surface area (Å²) in [6.45, 7) is 1.83. The highest BCUT2D eigenvalue weighted by Crippen LogP contribution is 2.21. The first-order valence-corrected chi connectivity index (χ1v) is 6.69. The molecular formula is C10H9N7OS. The van der Waals surface area contributed by atoms with Crippen LogP contribution in [0.3, 0.4) is 0 Å². The third-order valence-corrected chi connectivity index (χ3v) is 3.54. The lowest BCUT2D eigenvalue weighted by molar-refractivity contribution is 0.313. The zero-order valence-electron chi connectivity index (χ0n) is 9.72. The molecule has 19 heavy (non-hydrogen) atoms. The Balaban J connectivity index is 1.63. The smallest absolute Gasteiger partial charge is 0.280 e. The van der Waals surface area contributed by atoms with Crippen molar-refractivity contribution in [2.45, 2.75) is 6.04 Å². The number of hydrogen-bond donors (Lipinski definition) is 1. The van der Waals surface area contributed by atoms with E-state index < -0.39 is 0 Å². The molecular weight excluding hydrogens is 266 g/mol. The third-order valence-electron chi connectivity index (χ3n) is 2.95. The van der Waals surface area contributed by atoms with Crippen LogP contribution in [0.25, 0.3) is 23.1 Å². The van der Waals surface area contributed by atoms with Crippen molar-refractivity contribution in [1.82, 2.24) is 35.4 Å². The van der Waals surface area contributed by atoms with Crippen molar-refractivity contribution in [1.29, 1.82) is 0 Å². The van der Waals surface area contributed by atoms with E-state index in [-0.39, 0.29) is 0 Å². The van der Waals surface area contributed by atoms with Crippen LogP contribution in [0.2, 0.25) is 0 Å². The Labute approximate surface area is 111 Å². The van der Waals surface area contributed by atoms with Crippen LogP contribution in [0.5, 0.6) is 0 Å². The summed E-state index contributed by atoms with van der Waals surface area (Å²) in [5.74, 6) is 0.831. The Kier molecular flexibility index (Phi) is 2.38. The first kappa shape index (κ1) is 10.8. The molecule has 1 saturated heterocycles. The third kappa shape index (κ3) is 1.83. The first-order valence-electron chi connectivity index (χ1n) is 5.75. The SMILES string of the molecule is c1nc(-c2noc(-c3cn(C4CNC4)nn3)n2)cs1. The number of aromatic nitrogens is 6. The van der Waals surface area contributed by atoms with E-state index in [1.54, 1.807) is 5.51 Å². The van der Waals surface area contributed by atoms with Gasteiger partial charge in [-0.25, -0.2) is 9.67 Å². The molecule has 1 aliphatic heterocycles. The van der Waals surface area contributed by atoms with Crippen LogP contribution in [0.4, 0.5) is 0 Å². The minimum absolute atomic E-state index is 0.363. The van der Waals surface area contributed by atoms with Crippen molar-refractivity contribution in [3.8, 4) is 23.1 Å². The predicted molar refractivity (Wildman–Crippen MR) is 66.3 cm³/mol. The van der Waals surface area contributed by atoms with Crippen LogP contribution in [-0.4, -0.2) is 43.2 Å². The molecule has 0 aromatic carbocycles. The molecule has 3 aromatic heterocycles. The lowest BCUT2D eigenvalue weighted by Crippen LogP contribution is -2.43. The van der Waals surface area contributed by atoms with Gasteiger partial charge in [-0.05, 0) is 0 Å². The number of thiazole rings is 1. The average molecular weight is 275 g/mol. The lowest BCUT2D eigenvalue weighted by Gasteiger charge is -2.26. The van der Waals surface area contributed by atoms with Gasteiger partial charge in [-0.1, -0.05) is 10.4 Å². The molecule has 0 unspecified atom stereocenters. The van der Waals surface area contributed by atoms with Gasteiger partial charge in [0.05, 0.1) is 17.7 Å². The van der Waals surface area contributed by atoms with Gasteiger partial charge in [-0.15, -0.1) is 16.4 Å². The molecule has 4 rings (SSSR count). The summed E-state index contributed by atoms with van der Waals surface area (Å²) in [6.07, 6.45) is 1.82. The van der Waals surface area contributed by atoms with Crippen molar-refractivity contribution in [3.63, 3.8) is 0 Å². The lowest BCUT2D eigenvalue weighted by atomic mass is 10.2. The second-order valence-electron chi connectivity index (χ2n) is 4.19. The van der Waals surface area contributed by atoms with Gasteiger partial charge in [0.25, 0.3) is 5.89 Å². The van der Waals surface area contributed by atoms with Gasteiger partial charge in [-0.3, -0.25) is 0 Å². The molecule has 4 heterocycles. The molecule has 0 aliphatic carbocycles. The zero-order valence-corrected chi connectivity index (χ0v) is 10.5. The molecule has 0 saturated carbocycles. The van der Waals surface area contributed by atoms with E-state index in [2.05, 4.69) is 30.8 Å². The topological polar surface area (TPSA) is 94.6 Å². The number of nitrogens with one attached hydrogen (secondary N) is 1. The van der Waals surface area contributed by atoms with Crippen LogP contribution in [-0.2, 0) is 0 Å². The van der Waals surface area contributed by atoms with Gasteiger partial charge in [0.15, 0.2) is 5.69 Å². The van der Waals surface area contributed by atoms with Crippen molar-refractivity contribution in [3.05, 3.63) is 17.1 Å². The highest BCUT2D eigenvalue weighted by atomic mass is 32.1. The predicted octanol–water partition coefficient (Wildman–Crippen LogP) is 0.596. The molecule has 3 aromatic rings. The van der Waals surface area contributed by atoms with Gasteiger partial charge in [-0.2, -0.15) is 4.98 Å². The maximum Gasteiger partial charge on any atom is 0.280 e. The maximum absolute atomic E-state index is 5.19. The standard InChI is InChI=1S/C10H9N7OS/c1-6(2-11-1)17-3-7(14-16-17)10-13-9(15-18-10)8-4-19-5-12-8/h3-6,11H,1-2H2. The fourth-order valence-electron chi connectivity index (χ4n) is 1.77. The molecule has 96 valence electrons. The largest absolute Gasteiger partial charge is 0.332 e. The van der Waals surface area contributed by atoms with E-state index in [4.69, 9.17) is 4.52 Å². The molecule has 0 amide bonds. The van der Waals surface area contributed by atoms with Gasteiger partial charge in [0.2, 0.25) is 5.82 Å². The van der Waals surface area contributed by atoms with Crippen LogP contribution in [0.15, 0.2) is 21.6 Å². The highest BCUT2D eigenvalue weighted by molar-refractivity contribution is 7.07. The van der Waals surface area contributed by atoms with Crippen LogP contribution >= 0.6 is 11.3 Å². The van der Waals surface area contributed by atoms with E-state index >= 15 is 0 Å². The maximum atomic E-state index is 5.19. The Hall–Kier alpha value is -2.13. The molecule has 1 fully saturated rings. The van der Waals surface area contributed by atoms with Gasteiger partial charge in [0, 0.05) is 18.5 Å². The molecule has 9 heteroatoms. The Morgan fingerprint density at radius 3 is 3.05 bits per heavy atom. The summed E-state index contributed by atoms with van der Waals surface area (Å²) in [5, 5.41) is 17.1. The number of hydrogen-bond acceptors (Lipinski definition) is 8. The molecule has 0 radical (unpaired) electrons. The Morgan fingerprint density at radius 2 is 2.32 bits per heavy atom. The van der Waals surface area contributed by atoms with Crippen molar-refractivity contribution >= 4 is 11.3 Å². The summed E-state index contributed by atoms with van der Waals surface area (Å²) in [6, 6.07) is 0.363. The molecule has 1 aliphatic rings. The van der Waals surface area contributed by atoms with Crippen molar-refractivity contribution < 1.29 is 4.52 Å². The Bertz CT molecular complexity index is 684. The minimum atomic E-state index is 0.363. The average Bonchev–Trinajstić information content (AvgIpc) is 3.08. The zero-order chi connectivity index (χ0) is 12.7. The number of nitrogens with zero attached hydrogens (tertiary/aromatic N) is 6. The monoisotopic (exact) mass is 275 g/mol. The van der Waals surface area contributed by atoms with E-state index in [9.17, 15) is 0 Å². The molecule has 8 nitrogen and oxygen atoms in total. The molecule has 1 N–H and O–H groups in total. The fraction of sp³-hybridized carbons (Fsp3) is 0.300.